The number of aromatic nitrogens is 1. The quantitative estimate of drug-likeness (QED) is 0.773. The van der Waals surface area contributed by atoms with Crippen molar-refractivity contribution in [1.29, 1.82) is 0 Å². The van der Waals surface area contributed by atoms with E-state index < -0.39 is 10.0 Å². The number of pyridine rings is 1. The van der Waals surface area contributed by atoms with Gasteiger partial charge in [-0.25, -0.2) is 12.7 Å². The van der Waals surface area contributed by atoms with E-state index in [9.17, 15) is 13.2 Å². The summed E-state index contributed by atoms with van der Waals surface area (Å²) in [4.78, 5) is 16.0. The minimum atomic E-state index is -3.33. The maximum absolute atomic E-state index is 12.7. The molecule has 150 valence electrons. The second kappa shape index (κ2) is 9.30. The first-order valence-electron chi connectivity index (χ1n) is 9.67. The molecule has 0 unspecified atom stereocenters. The van der Waals surface area contributed by atoms with Gasteiger partial charge in [0.25, 0.3) is 5.91 Å². The monoisotopic (exact) mass is 401 g/mol. The van der Waals surface area contributed by atoms with Gasteiger partial charge in [0.1, 0.15) is 0 Å². The molecule has 0 aliphatic heterocycles. The summed E-state index contributed by atoms with van der Waals surface area (Å²) in [6.07, 6.45) is 8.46. The summed E-state index contributed by atoms with van der Waals surface area (Å²) in [5.74, 6) is -0.160. The van der Waals surface area contributed by atoms with Crippen molar-refractivity contribution in [2.45, 2.75) is 50.4 Å². The lowest BCUT2D eigenvalue weighted by Crippen LogP contribution is -2.38. The Kier molecular flexibility index (Phi) is 6.80. The fourth-order valence-electron chi connectivity index (χ4n) is 3.53. The number of nitrogens with zero attached hydrogens (tertiary/aromatic N) is 2. The van der Waals surface area contributed by atoms with E-state index in [1.54, 1.807) is 35.9 Å². The number of carbonyl (C=O) groups excluding carboxylic acids is 1. The molecule has 1 aliphatic rings. The third-order valence-corrected chi connectivity index (χ3v) is 7.17. The molecule has 0 radical (unpaired) electrons. The van der Waals surface area contributed by atoms with Crippen LogP contribution in [0.1, 0.15) is 53.6 Å². The Morgan fingerprint density at radius 3 is 2.29 bits per heavy atom. The number of rotatable bonds is 7. The number of nitrogens with one attached hydrogen (secondary N) is 1. The number of hydrogen-bond acceptors (Lipinski definition) is 4. The van der Waals surface area contributed by atoms with E-state index >= 15 is 0 Å². The van der Waals surface area contributed by atoms with Gasteiger partial charge in [-0.2, -0.15) is 0 Å². The summed E-state index contributed by atoms with van der Waals surface area (Å²) < 4.78 is 27.0. The van der Waals surface area contributed by atoms with E-state index in [2.05, 4.69) is 10.3 Å². The van der Waals surface area contributed by atoms with E-state index in [0.717, 1.165) is 36.8 Å². The van der Waals surface area contributed by atoms with E-state index in [4.69, 9.17) is 0 Å². The molecule has 1 heterocycles. The van der Waals surface area contributed by atoms with Crippen molar-refractivity contribution in [3.05, 3.63) is 65.5 Å². The molecule has 0 spiro atoms. The number of benzene rings is 1. The predicted molar refractivity (Wildman–Crippen MR) is 109 cm³/mol. The molecule has 7 heteroatoms. The second-order valence-electron chi connectivity index (χ2n) is 7.30. The average molecular weight is 402 g/mol. The van der Waals surface area contributed by atoms with Crippen LogP contribution in [-0.4, -0.2) is 36.7 Å². The first kappa shape index (κ1) is 20.5. The van der Waals surface area contributed by atoms with Gasteiger partial charge in [-0.1, -0.05) is 43.5 Å². The van der Waals surface area contributed by atoms with Gasteiger partial charge in [0.15, 0.2) is 0 Å². The lowest BCUT2D eigenvalue weighted by atomic mass is 9.96. The molecule has 1 amide bonds. The van der Waals surface area contributed by atoms with Gasteiger partial charge in [-0.15, -0.1) is 0 Å². The van der Waals surface area contributed by atoms with Crippen molar-refractivity contribution >= 4 is 15.9 Å². The standard InChI is InChI=1S/C21H27N3O3S/c1-24(20-5-3-2-4-6-20)28(26,27)16-18-9-7-17(8-10-18)15-23-21(25)19-11-13-22-14-12-19/h7-14,20H,2-6,15-16H2,1H3,(H,23,25). The van der Waals surface area contributed by atoms with Crippen LogP contribution in [0, 0.1) is 0 Å². The topological polar surface area (TPSA) is 79.4 Å². The van der Waals surface area contributed by atoms with Crippen LogP contribution in [0.4, 0.5) is 0 Å². The molecule has 1 fully saturated rings. The molecule has 0 bridgehead atoms. The molecule has 1 aromatic heterocycles. The van der Waals surface area contributed by atoms with Crippen LogP contribution in [0.3, 0.4) is 0 Å². The molecule has 0 saturated heterocycles. The summed E-state index contributed by atoms with van der Waals surface area (Å²) in [6, 6.07) is 10.8. The number of sulfonamides is 1. The van der Waals surface area contributed by atoms with Gasteiger partial charge in [0, 0.05) is 37.6 Å². The average Bonchev–Trinajstić information content (AvgIpc) is 2.73. The van der Waals surface area contributed by atoms with Crippen LogP contribution >= 0.6 is 0 Å². The van der Waals surface area contributed by atoms with Crippen molar-refractivity contribution in [3.8, 4) is 0 Å². The highest BCUT2D eigenvalue weighted by Gasteiger charge is 2.27. The summed E-state index contributed by atoms with van der Waals surface area (Å²) in [6.45, 7) is 0.385. The van der Waals surface area contributed by atoms with Crippen LogP contribution in [0.2, 0.25) is 0 Å². The molecule has 3 rings (SSSR count). The predicted octanol–water partition coefficient (Wildman–Crippen LogP) is 3.11. The van der Waals surface area contributed by atoms with Crippen molar-refractivity contribution in [2.24, 2.45) is 0 Å². The van der Waals surface area contributed by atoms with E-state index in [-0.39, 0.29) is 17.7 Å². The zero-order valence-electron chi connectivity index (χ0n) is 16.2. The molecule has 6 nitrogen and oxygen atoms in total. The molecular formula is C21H27N3O3S. The van der Waals surface area contributed by atoms with Gasteiger partial charge in [0.2, 0.25) is 10.0 Å². The molecule has 0 atom stereocenters. The SMILES string of the molecule is CN(C1CCCCC1)S(=O)(=O)Cc1ccc(CNC(=O)c2ccncc2)cc1. The maximum atomic E-state index is 12.7. The van der Waals surface area contributed by atoms with Gasteiger partial charge in [0.05, 0.1) is 5.75 Å². The Morgan fingerprint density at radius 1 is 1.04 bits per heavy atom. The van der Waals surface area contributed by atoms with E-state index in [1.165, 1.54) is 6.42 Å². The minimum Gasteiger partial charge on any atom is -0.348 e. The molecule has 1 aromatic carbocycles. The smallest absolute Gasteiger partial charge is 0.251 e. The lowest BCUT2D eigenvalue weighted by Gasteiger charge is -2.30. The lowest BCUT2D eigenvalue weighted by molar-refractivity contribution is 0.0951. The Bertz CT molecular complexity index is 877. The van der Waals surface area contributed by atoms with Crippen LogP contribution in [0.15, 0.2) is 48.8 Å². The number of amides is 1. The van der Waals surface area contributed by atoms with Crippen LogP contribution in [-0.2, 0) is 22.3 Å². The van der Waals surface area contributed by atoms with Crippen molar-refractivity contribution < 1.29 is 13.2 Å². The van der Waals surface area contributed by atoms with Crippen molar-refractivity contribution in [2.75, 3.05) is 7.05 Å². The van der Waals surface area contributed by atoms with E-state index in [0.29, 0.717) is 12.1 Å². The Labute approximate surface area is 167 Å². The van der Waals surface area contributed by atoms with Crippen molar-refractivity contribution in [3.63, 3.8) is 0 Å². The van der Waals surface area contributed by atoms with Gasteiger partial charge >= 0.3 is 0 Å². The summed E-state index contributed by atoms with van der Waals surface area (Å²) in [5.41, 5.74) is 2.24. The second-order valence-corrected chi connectivity index (χ2v) is 9.33. The zero-order valence-corrected chi connectivity index (χ0v) is 17.0. The van der Waals surface area contributed by atoms with E-state index in [1.807, 2.05) is 24.3 Å². The normalized spacial score (nSPS) is 15.5. The third-order valence-electron chi connectivity index (χ3n) is 5.30. The van der Waals surface area contributed by atoms with Gasteiger partial charge in [-0.05, 0) is 36.1 Å². The Morgan fingerprint density at radius 2 is 1.64 bits per heavy atom. The zero-order chi connectivity index (χ0) is 20.0. The summed E-state index contributed by atoms with van der Waals surface area (Å²) in [5, 5.41) is 2.85. The molecule has 1 N–H and O–H groups in total. The summed E-state index contributed by atoms with van der Waals surface area (Å²) >= 11 is 0. The fourth-order valence-corrected chi connectivity index (χ4v) is 5.01. The van der Waals surface area contributed by atoms with Crippen LogP contribution in [0.25, 0.3) is 0 Å². The summed E-state index contributed by atoms with van der Waals surface area (Å²) in [7, 11) is -1.63. The third kappa shape index (κ3) is 5.39. The highest BCUT2D eigenvalue weighted by Crippen LogP contribution is 2.24. The van der Waals surface area contributed by atoms with Crippen LogP contribution in [0.5, 0.6) is 0 Å². The number of hydrogen-bond donors (Lipinski definition) is 1. The Balaban J connectivity index is 1.55. The largest absolute Gasteiger partial charge is 0.348 e. The minimum absolute atomic E-state index is 0.00363. The molecule has 2 aromatic rings. The van der Waals surface area contributed by atoms with Gasteiger partial charge in [-0.3, -0.25) is 9.78 Å². The molecule has 1 saturated carbocycles. The van der Waals surface area contributed by atoms with Gasteiger partial charge < -0.3 is 5.32 Å². The van der Waals surface area contributed by atoms with Crippen LogP contribution < -0.4 is 5.32 Å². The molecule has 28 heavy (non-hydrogen) atoms. The first-order valence-corrected chi connectivity index (χ1v) is 11.3. The molecule has 1 aliphatic carbocycles. The first-order chi connectivity index (χ1) is 13.5. The fraction of sp³-hybridized carbons (Fsp3) is 0.429. The molecular weight excluding hydrogens is 374 g/mol. The number of carbonyl (C=O) groups is 1. The Hall–Kier alpha value is -2.25. The van der Waals surface area contributed by atoms with Crippen molar-refractivity contribution in [1.82, 2.24) is 14.6 Å². The maximum Gasteiger partial charge on any atom is 0.251 e. The highest BCUT2D eigenvalue weighted by atomic mass is 32.2. The highest BCUT2D eigenvalue weighted by molar-refractivity contribution is 7.88.